The number of anilines is 1. The lowest BCUT2D eigenvalue weighted by Crippen LogP contribution is -2.41. The molecule has 0 saturated carbocycles. The summed E-state index contributed by atoms with van der Waals surface area (Å²) in [6.45, 7) is 1.94. The second kappa shape index (κ2) is 8.59. The molecule has 0 radical (unpaired) electrons. The Balaban J connectivity index is 1.44. The summed E-state index contributed by atoms with van der Waals surface area (Å²) in [6, 6.07) is 15.9. The van der Waals surface area contributed by atoms with Crippen LogP contribution in [0.25, 0.3) is 0 Å². The number of rotatable bonds is 5. The number of likely N-dealkylation sites (tertiary alicyclic amines) is 1. The van der Waals surface area contributed by atoms with Gasteiger partial charge in [-0.2, -0.15) is 0 Å². The van der Waals surface area contributed by atoms with Gasteiger partial charge in [0, 0.05) is 18.8 Å². The molecule has 0 aliphatic carbocycles. The zero-order valence-electron chi connectivity index (χ0n) is 14.1. The van der Waals surface area contributed by atoms with Crippen LogP contribution in [0.2, 0.25) is 10.0 Å². The van der Waals surface area contributed by atoms with Crippen molar-refractivity contribution in [2.45, 2.75) is 19.3 Å². The standard InChI is InChI=1S/C20H22Cl2N2O/c21-18-7-6-17(13-19(18)22)23-14-20(25)24-10-8-16(9-11-24)12-15-4-2-1-3-5-15/h1-7,13,16,23H,8-12,14H2. The molecule has 1 amide bonds. The maximum Gasteiger partial charge on any atom is 0.241 e. The molecule has 5 heteroatoms. The van der Waals surface area contributed by atoms with Crippen LogP contribution in [0, 0.1) is 5.92 Å². The molecule has 25 heavy (non-hydrogen) atoms. The van der Waals surface area contributed by atoms with Gasteiger partial charge in [0.15, 0.2) is 0 Å². The first-order valence-electron chi connectivity index (χ1n) is 8.62. The number of nitrogens with zero attached hydrogens (tertiary/aromatic N) is 1. The molecule has 1 aliphatic rings. The third kappa shape index (κ3) is 5.13. The first kappa shape index (κ1) is 18.1. The molecule has 1 N–H and O–H groups in total. The van der Waals surface area contributed by atoms with E-state index in [9.17, 15) is 4.79 Å². The first-order valence-corrected chi connectivity index (χ1v) is 9.38. The fourth-order valence-electron chi connectivity index (χ4n) is 3.23. The second-order valence-electron chi connectivity index (χ2n) is 6.50. The Kier molecular flexibility index (Phi) is 6.22. The molecule has 1 aliphatic heterocycles. The fourth-order valence-corrected chi connectivity index (χ4v) is 3.53. The van der Waals surface area contributed by atoms with E-state index in [1.54, 1.807) is 12.1 Å². The van der Waals surface area contributed by atoms with Gasteiger partial charge >= 0.3 is 0 Å². The SMILES string of the molecule is O=C(CNc1ccc(Cl)c(Cl)c1)N1CCC(Cc2ccccc2)CC1. The predicted molar refractivity (Wildman–Crippen MR) is 104 cm³/mol. The van der Waals surface area contributed by atoms with E-state index in [4.69, 9.17) is 23.2 Å². The summed E-state index contributed by atoms with van der Waals surface area (Å²) in [4.78, 5) is 14.3. The summed E-state index contributed by atoms with van der Waals surface area (Å²) in [5.41, 5.74) is 2.19. The minimum absolute atomic E-state index is 0.129. The van der Waals surface area contributed by atoms with Crippen LogP contribution < -0.4 is 5.32 Å². The van der Waals surface area contributed by atoms with Crippen LogP contribution in [0.1, 0.15) is 18.4 Å². The highest BCUT2D eigenvalue weighted by Crippen LogP contribution is 2.25. The van der Waals surface area contributed by atoms with Gasteiger partial charge in [0.1, 0.15) is 0 Å². The molecule has 0 bridgehead atoms. The smallest absolute Gasteiger partial charge is 0.241 e. The molecular weight excluding hydrogens is 355 g/mol. The monoisotopic (exact) mass is 376 g/mol. The van der Waals surface area contributed by atoms with E-state index in [2.05, 4.69) is 29.6 Å². The van der Waals surface area contributed by atoms with E-state index in [1.165, 1.54) is 5.56 Å². The van der Waals surface area contributed by atoms with Gasteiger partial charge in [0.05, 0.1) is 16.6 Å². The largest absolute Gasteiger partial charge is 0.376 e. The Morgan fingerprint density at radius 1 is 1.04 bits per heavy atom. The van der Waals surface area contributed by atoms with Crippen molar-refractivity contribution in [3.63, 3.8) is 0 Å². The molecule has 0 unspecified atom stereocenters. The molecule has 1 saturated heterocycles. The zero-order valence-corrected chi connectivity index (χ0v) is 15.6. The normalized spacial score (nSPS) is 15.2. The molecule has 2 aromatic rings. The van der Waals surface area contributed by atoms with E-state index in [0.29, 0.717) is 16.0 Å². The highest BCUT2D eigenvalue weighted by Gasteiger charge is 2.22. The molecule has 1 fully saturated rings. The van der Waals surface area contributed by atoms with Crippen LogP contribution in [0.15, 0.2) is 48.5 Å². The molecular formula is C20H22Cl2N2O. The maximum absolute atomic E-state index is 12.4. The summed E-state index contributed by atoms with van der Waals surface area (Å²) in [7, 11) is 0. The zero-order chi connectivity index (χ0) is 17.6. The topological polar surface area (TPSA) is 32.3 Å². The summed E-state index contributed by atoms with van der Waals surface area (Å²) >= 11 is 11.9. The lowest BCUT2D eigenvalue weighted by Gasteiger charge is -2.32. The molecule has 2 aromatic carbocycles. The number of carbonyl (C=O) groups excluding carboxylic acids is 1. The van der Waals surface area contributed by atoms with Gasteiger partial charge in [-0.05, 0) is 48.9 Å². The van der Waals surface area contributed by atoms with Crippen molar-refractivity contribution in [1.82, 2.24) is 4.90 Å². The lowest BCUT2D eigenvalue weighted by molar-refractivity contribution is -0.130. The lowest BCUT2D eigenvalue weighted by atomic mass is 9.90. The quantitative estimate of drug-likeness (QED) is 0.805. The first-order chi connectivity index (χ1) is 12.1. The van der Waals surface area contributed by atoms with E-state index in [0.717, 1.165) is 38.0 Å². The minimum Gasteiger partial charge on any atom is -0.376 e. The molecule has 0 atom stereocenters. The van der Waals surface area contributed by atoms with Crippen molar-refractivity contribution >= 4 is 34.8 Å². The van der Waals surface area contributed by atoms with Crippen molar-refractivity contribution in [1.29, 1.82) is 0 Å². The van der Waals surface area contributed by atoms with Gasteiger partial charge in [0.25, 0.3) is 0 Å². The highest BCUT2D eigenvalue weighted by molar-refractivity contribution is 6.42. The van der Waals surface area contributed by atoms with Crippen molar-refractivity contribution < 1.29 is 4.79 Å². The third-order valence-corrected chi connectivity index (χ3v) is 5.44. The molecule has 3 nitrogen and oxygen atoms in total. The fraction of sp³-hybridized carbons (Fsp3) is 0.350. The van der Waals surface area contributed by atoms with Crippen LogP contribution in [0.4, 0.5) is 5.69 Å². The second-order valence-corrected chi connectivity index (χ2v) is 7.31. The molecule has 3 rings (SSSR count). The van der Waals surface area contributed by atoms with E-state index < -0.39 is 0 Å². The Labute approximate surface area is 158 Å². The van der Waals surface area contributed by atoms with Gasteiger partial charge in [-0.3, -0.25) is 4.79 Å². The van der Waals surface area contributed by atoms with Crippen molar-refractivity contribution in [2.24, 2.45) is 5.92 Å². The Morgan fingerprint density at radius 3 is 2.44 bits per heavy atom. The number of nitrogens with one attached hydrogen (secondary N) is 1. The Morgan fingerprint density at radius 2 is 1.76 bits per heavy atom. The molecule has 0 spiro atoms. The van der Waals surface area contributed by atoms with Gasteiger partial charge in [-0.15, -0.1) is 0 Å². The number of halogens is 2. The van der Waals surface area contributed by atoms with Crippen LogP contribution in [0.5, 0.6) is 0 Å². The summed E-state index contributed by atoms with van der Waals surface area (Å²) in [6.07, 6.45) is 3.23. The minimum atomic E-state index is 0.129. The van der Waals surface area contributed by atoms with E-state index in [-0.39, 0.29) is 12.5 Å². The van der Waals surface area contributed by atoms with Gasteiger partial charge in [0.2, 0.25) is 5.91 Å². The summed E-state index contributed by atoms with van der Waals surface area (Å²) in [5.74, 6) is 0.790. The summed E-state index contributed by atoms with van der Waals surface area (Å²) < 4.78 is 0. The number of hydrogen-bond donors (Lipinski definition) is 1. The molecule has 1 heterocycles. The van der Waals surface area contributed by atoms with E-state index in [1.807, 2.05) is 17.0 Å². The van der Waals surface area contributed by atoms with Gasteiger partial charge < -0.3 is 10.2 Å². The Hall–Kier alpha value is -1.71. The van der Waals surface area contributed by atoms with Crippen molar-refractivity contribution in [2.75, 3.05) is 25.0 Å². The average molecular weight is 377 g/mol. The van der Waals surface area contributed by atoms with Crippen LogP contribution in [-0.2, 0) is 11.2 Å². The predicted octanol–water partition coefficient (Wildman–Crippen LogP) is 4.89. The van der Waals surface area contributed by atoms with Crippen LogP contribution in [-0.4, -0.2) is 30.4 Å². The number of piperidine rings is 1. The van der Waals surface area contributed by atoms with Gasteiger partial charge in [-0.25, -0.2) is 0 Å². The van der Waals surface area contributed by atoms with Crippen LogP contribution in [0.3, 0.4) is 0 Å². The number of carbonyl (C=O) groups is 1. The van der Waals surface area contributed by atoms with Gasteiger partial charge in [-0.1, -0.05) is 53.5 Å². The number of hydrogen-bond acceptors (Lipinski definition) is 2. The van der Waals surface area contributed by atoms with Crippen molar-refractivity contribution in [3.8, 4) is 0 Å². The third-order valence-electron chi connectivity index (χ3n) is 4.70. The molecule has 132 valence electrons. The van der Waals surface area contributed by atoms with E-state index >= 15 is 0 Å². The van der Waals surface area contributed by atoms with Crippen molar-refractivity contribution in [3.05, 3.63) is 64.1 Å². The summed E-state index contributed by atoms with van der Waals surface area (Å²) in [5, 5.41) is 4.13. The Bertz CT molecular complexity index is 713. The number of benzene rings is 2. The highest BCUT2D eigenvalue weighted by atomic mass is 35.5. The number of amides is 1. The maximum atomic E-state index is 12.4. The molecule has 0 aromatic heterocycles. The van der Waals surface area contributed by atoms with Crippen LogP contribution >= 0.6 is 23.2 Å². The average Bonchev–Trinajstić information content (AvgIpc) is 2.64.